The van der Waals surface area contributed by atoms with E-state index in [-0.39, 0.29) is 18.2 Å². The van der Waals surface area contributed by atoms with Crippen LogP contribution in [0.3, 0.4) is 0 Å². The minimum Gasteiger partial charge on any atom is -0.497 e. The first-order valence-electron chi connectivity index (χ1n) is 10.9. The van der Waals surface area contributed by atoms with E-state index in [1.165, 1.54) is 5.56 Å². The summed E-state index contributed by atoms with van der Waals surface area (Å²) in [5, 5.41) is 3.58. The molecule has 33 heavy (non-hydrogen) atoms. The molecule has 0 bridgehead atoms. The lowest BCUT2D eigenvalue weighted by molar-refractivity contribution is -0.131. The van der Waals surface area contributed by atoms with Gasteiger partial charge in [-0.2, -0.15) is 0 Å². The third kappa shape index (κ3) is 4.07. The van der Waals surface area contributed by atoms with Crippen LogP contribution < -0.4 is 10.1 Å². The van der Waals surface area contributed by atoms with Crippen molar-refractivity contribution in [3.8, 4) is 16.9 Å². The fourth-order valence-corrected chi connectivity index (χ4v) is 4.31. The van der Waals surface area contributed by atoms with Gasteiger partial charge in [-0.05, 0) is 35.2 Å². The topological polar surface area (TPSA) is 71.8 Å². The van der Waals surface area contributed by atoms with Crippen molar-refractivity contribution in [2.75, 3.05) is 20.2 Å². The first kappa shape index (κ1) is 20.8. The molecule has 5 rings (SSSR count). The van der Waals surface area contributed by atoms with E-state index < -0.39 is 5.91 Å². The maximum absolute atomic E-state index is 13.1. The Labute approximate surface area is 191 Å². The van der Waals surface area contributed by atoms with Crippen LogP contribution in [0.5, 0.6) is 5.75 Å². The van der Waals surface area contributed by atoms with Gasteiger partial charge in [-0.3, -0.25) is 9.59 Å². The van der Waals surface area contributed by atoms with E-state index in [0.717, 1.165) is 22.9 Å². The van der Waals surface area contributed by atoms with Crippen LogP contribution in [0.2, 0.25) is 0 Å². The fourth-order valence-electron chi connectivity index (χ4n) is 4.31. The van der Waals surface area contributed by atoms with Crippen molar-refractivity contribution in [3.63, 3.8) is 0 Å². The Hall–Kier alpha value is -4.06. The molecule has 0 saturated heterocycles. The molecule has 2 heterocycles. The molecule has 0 saturated carbocycles. The molecule has 1 aliphatic heterocycles. The van der Waals surface area contributed by atoms with Gasteiger partial charge in [0, 0.05) is 30.1 Å². The lowest BCUT2D eigenvalue weighted by Crippen LogP contribution is -2.42. The normalized spacial score (nSPS) is 12.9. The van der Waals surface area contributed by atoms with Crippen LogP contribution in [0, 0.1) is 0 Å². The molecule has 0 fully saturated rings. The van der Waals surface area contributed by atoms with E-state index in [1.54, 1.807) is 18.1 Å². The fraction of sp³-hybridized carbons (Fsp3) is 0.185. The largest absolute Gasteiger partial charge is 0.497 e. The Bertz CT molecular complexity index is 1330. The number of nitrogens with zero attached hydrogens (tertiary/aromatic N) is 1. The van der Waals surface area contributed by atoms with Gasteiger partial charge in [0.15, 0.2) is 0 Å². The number of fused-ring (bicyclic) bond motifs is 2. The highest BCUT2D eigenvalue weighted by Gasteiger charge is 2.25. The average molecular weight is 440 g/mol. The second-order valence-corrected chi connectivity index (χ2v) is 8.05. The van der Waals surface area contributed by atoms with Crippen molar-refractivity contribution in [1.29, 1.82) is 0 Å². The molecule has 6 heteroatoms. The molecule has 2 amide bonds. The highest BCUT2D eigenvalue weighted by Crippen LogP contribution is 2.36. The van der Waals surface area contributed by atoms with Crippen molar-refractivity contribution in [1.82, 2.24) is 10.2 Å². The van der Waals surface area contributed by atoms with Crippen LogP contribution in [0.4, 0.5) is 0 Å². The Kier molecular flexibility index (Phi) is 5.57. The third-order valence-corrected chi connectivity index (χ3v) is 6.05. The van der Waals surface area contributed by atoms with Gasteiger partial charge in [0.2, 0.25) is 11.7 Å². The predicted molar refractivity (Wildman–Crippen MR) is 126 cm³/mol. The summed E-state index contributed by atoms with van der Waals surface area (Å²) in [5.74, 6) is 0.288. The van der Waals surface area contributed by atoms with Crippen LogP contribution in [-0.2, 0) is 17.8 Å². The molecule has 166 valence electrons. The van der Waals surface area contributed by atoms with Gasteiger partial charge in [-0.1, -0.05) is 54.6 Å². The first-order chi connectivity index (χ1) is 16.1. The van der Waals surface area contributed by atoms with E-state index in [1.807, 2.05) is 60.7 Å². The van der Waals surface area contributed by atoms with E-state index in [4.69, 9.17) is 9.15 Å². The molecule has 0 radical (unpaired) electrons. The number of ether oxygens (including phenoxy) is 1. The standard InChI is InChI=1S/C27H24N2O4/c1-32-21-11-12-22-23(15-21)33-26(25(22)19-8-3-2-4-9-19)27(31)28-16-24(30)29-14-13-18-7-5-6-10-20(18)17-29/h2-12,15H,13-14,16-17H2,1H3,(H,28,31). The average Bonchev–Trinajstić information content (AvgIpc) is 3.26. The van der Waals surface area contributed by atoms with Gasteiger partial charge in [0.05, 0.1) is 13.7 Å². The number of furan rings is 1. The Balaban J connectivity index is 1.38. The lowest BCUT2D eigenvalue weighted by Gasteiger charge is -2.28. The lowest BCUT2D eigenvalue weighted by atomic mass is 10.00. The molecule has 1 aliphatic rings. The predicted octanol–water partition coefficient (Wildman–Crippen LogP) is 4.42. The second-order valence-electron chi connectivity index (χ2n) is 8.05. The molecule has 1 N–H and O–H groups in total. The van der Waals surface area contributed by atoms with Gasteiger partial charge in [0.25, 0.3) is 5.91 Å². The third-order valence-electron chi connectivity index (χ3n) is 6.05. The Morgan fingerprint density at radius 1 is 1.00 bits per heavy atom. The van der Waals surface area contributed by atoms with Crippen LogP contribution in [0.25, 0.3) is 22.1 Å². The van der Waals surface area contributed by atoms with E-state index in [2.05, 4.69) is 11.4 Å². The number of nitrogens with one attached hydrogen (secondary N) is 1. The molecule has 0 atom stereocenters. The number of rotatable bonds is 5. The number of hydrogen-bond donors (Lipinski definition) is 1. The minimum atomic E-state index is -0.422. The number of amides is 2. The number of benzene rings is 3. The van der Waals surface area contributed by atoms with Crippen molar-refractivity contribution in [2.24, 2.45) is 0 Å². The zero-order valence-electron chi connectivity index (χ0n) is 18.3. The summed E-state index contributed by atoms with van der Waals surface area (Å²) in [7, 11) is 1.58. The van der Waals surface area contributed by atoms with Gasteiger partial charge in [0.1, 0.15) is 11.3 Å². The van der Waals surface area contributed by atoms with Crippen LogP contribution in [0.1, 0.15) is 21.7 Å². The number of hydrogen-bond acceptors (Lipinski definition) is 4. The number of carbonyl (C=O) groups excluding carboxylic acids is 2. The molecular weight excluding hydrogens is 416 g/mol. The van der Waals surface area contributed by atoms with Gasteiger partial charge in [-0.25, -0.2) is 0 Å². The Morgan fingerprint density at radius 2 is 1.76 bits per heavy atom. The molecule has 0 spiro atoms. The van der Waals surface area contributed by atoms with Gasteiger partial charge in [-0.15, -0.1) is 0 Å². The zero-order valence-corrected chi connectivity index (χ0v) is 18.3. The van der Waals surface area contributed by atoms with Crippen molar-refractivity contribution in [2.45, 2.75) is 13.0 Å². The van der Waals surface area contributed by atoms with Crippen LogP contribution in [-0.4, -0.2) is 36.9 Å². The van der Waals surface area contributed by atoms with Gasteiger partial charge < -0.3 is 19.4 Å². The quantitative estimate of drug-likeness (QED) is 0.499. The first-order valence-corrected chi connectivity index (χ1v) is 10.9. The smallest absolute Gasteiger partial charge is 0.288 e. The van der Waals surface area contributed by atoms with E-state index >= 15 is 0 Å². The number of carbonyl (C=O) groups is 2. The molecular formula is C27H24N2O4. The molecule has 1 aromatic heterocycles. The van der Waals surface area contributed by atoms with Crippen molar-refractivity contribution >= 4 is 22.8 Å². The van der Waals surface area contributed by atoms with E-state index in [9.17, 15) is 9.59 Å². The molecule has 0 aliphatic carbocycles. The summed E-state index contributed by atoms with van der Waals surface area (Å²) in [6, 6.07) is 23.2. The highest BCUT2D eigenvalue weighted by molar-refractivity contribution is 6.08. The Morgan fingerprint density at radius 3 is 2.55 bits per heavy atom. The maximum Gasteiger partial charge on any atom is 0.288 e. The summed E-state index contributed by atoms with van der Waals surface area (Å²) >= 11 is 0. The summed E-state index contributed by atoms with van der Waals surface area (Å²) in [5.41, 5.74) is 4.55. The molecule has 4 aromatic rings. The zero-order chi connectivity index (χ0) is 22.8. The number of methoxy groups -OCH3 is 1. The summed E-state index contributed by atoms with van der Waals surface area (Å²) < 4.78 is 11.3. The summed E-state index contributed by atoms with van der Waals surface area (Å²) in [6.45, 7) is 1.12. The van der Waals surface area contributed by atoms with Crippen molar-refractivity contribution < 1.29 is 18.7 Å². The summed E-state index contributed by atoms with van der Waals surface area (Å²) in [6.07, 6.45) is 0.819. The molecule has 0 unspecified atom stereocenters. The van der Waals surface area contributed by atoms with Crippen molar-refractivity contribution in [3.05, 3.63) is 89.7 Å². The van der Waals surface area contributed by atoms with Crippen LogP contribution in [0.15, 0.2) is 77.2 Å². The summed E-state index contributed by atoms with van der Waals surface area (Å²) in [4.78, 5) is 27.7. The van der Waals surface area contributed by atoms with E-state index in [0.29, 0.717) is 30.0 Å². The second kappa shape index (κ2) is 8.82. The molecule has 3 aromatic carbocycles. The van der Waals surface area contributed by atoms with Gasteiger partial charge >= 0.3 is 0 Å². The SMILES string of the molecule is COc1ccc2c(-c3ccccc3)c(C(=O)NCC(=O)N3CCc4ccccc4C3)oc2c1. The molecule has 6 nitrogen and oxygen atoms in total. The monoisotopic (exact) mass is 440 g/mol. The van der Waals surface area contributed by atoms with Crippen LogP contribution >= 0.6 is 0 Å². The minimum absolute atomic E-state index is 0.0877. The maximum atomic E-state index is 13.1. The highest BCUT2D eigenvalue weighted by atomic mass is 16.5.